The molecule has 0 fully saturated rings. The molecule has 1 aromatic carbocycles. The van der Waals surface area contributed by atoms with Crippen LogP contribution >= 0.6 is 0 Å². The van der Waals surface area contributed by atoms with Crippen LogP contribution in [0.15, 0.2) is 24.3 Å². The Balaban J connectivity index is 3.11. The summed E-state index contributed by atoms with van der Waals surface area (Å²) in [5.74, 6) is 0.442. The first kappa shape index (κ1) is 13.4. The van der Waals surface area contributed by atoms with Gasteiger partial charge in [0.2, 0.25) is 0 Å². The molecule has 0 N–H and O–H groups in total. The standard InChI is InChI=1S/C13H19NO3/c1-13(2,12(15)17-5)14(3)10-8-6-7-9-11(10)16-4/h6-9H,1-5H3. The summed E-state index contributed by atoms with van der Waals surface area (Å²) >= 11 is 0. The highest BCUT2D eigenvalue weighted by Gasteiger charge is 2.34. The zero-order valence-electron chi connectivity index (χ0n) is 11.0. The van der Waals surface area contributed by atoms with Gasteiger partial charge in [0.15, 0.2) is 0 Å². The summed E-state index contributed by atoms with van der Waals surface area (Å²) < 4.78 is 10.1. The largest absolute Gasteiger partial charge is 0.495 e. The fourth-order valence-corrected chi connectivity index (χ4v) is 1.59. The van der Waals surface area contributed by atoms with Gasteiger partial charge in [-0.2, -0.15) is 0 Å². The van der Waals surface area contributed by atoms with Crippen molar-refractivity contribution >= 4 is 11.7 Å². The molecule has 0 spiro atoms. The molecule has 1 aromatic rings. The maximum absolute atomic E-state index is 11.7. The van der Waals surface area contributed by atoms with Gasteiger partial charge in [-0.05, 0) is 26.0 Å². The van der Waals surface area contributed by atoms with Crippen LogP contribution in [-0.4, -0.2) is 32.8 Å². The quantitative estimate of drug-likeness (QED) is 0.752. The minimum Gasteiger partial charge on any atom is -0.495 e. The molecule has 94 valence electrons. The summed E-state index contributed by atoms with van der Waals surface area (Å²) in [7, 11) is 4.84. The Kier molecular flexibility index (Phi) is 3.99. The lowest BCUT2D eigenvalue weighted by Gasteiger charge is -2.35. The molecular weight excluding hydrogens is 218 g/mol. The minimum atomic E-state index is -0.747. The SMILES string of the molecule is COC(=O)C(C)(C)N(C)c1ccccc1OC. The van der Waals surface area contributed by atoms with Gasteiger partial charge in [0, 0.05) is 7.05 Å². The van der Waals surface area contributed by atoms with Crippen LogP contribution in [0.25, 0.3) is 0 Å². The van der Waals surface area contributed by atoms with Crippen molar-refractivity contribution in [3.05, 3.63) is 24.3 Å². The van der Waals surface area contributed by atoms with Gasteiger partial charge in [0.25, 0.3) is 0 Å². The molecule has 0 saturated heterocycles. The number of carbonyl (C=O) groups excluding carboxylic acids is 1. The van der Waals surface area contributed by atoms with Crippen molar-refractivity contribution in [1.29, 1.82) is 0 Å². The number of methoxy groups -OCH3 is 2. The number of nitrogens with zero attached hydrogens (tertiary/aromatic N) is 1. The van der Waals surface area contributed by atoms with Crippen LogP contribution in [0.4, 0.5) is 5.69 Å². The molecule has 0 heterocycles. The Morgan fingerprint density at radius 2 is 1.82 bits per heavy atom. The molecule has 0 aromatic heterocycles. The average Bonchev–Trinajstić information content (AvgIpc) is 2.36. The first-order valence-electron chi connectivity index (χ1n) is 5.40. The summed E-state index contributed by atoms with van der Waals surface area (Å²) in [6.45, 7) is 3.62. The highest BCUT2D eigenvalue weighted by Crippen LogP contribution is 2.31. The fourth-order valence-electron chi connectivity index (χ4n) is 1.59. The second-order valence-corrected chi connectivity index (χ2v) is 4.28. The number of carbonyl (C=O) groups is 1. The summed E-state index contributed by atoms with van der Waals surface area (Å²) in [6.07, 6.45) is 0. The molecule has 4 heteroatoms. The molecule has 0 bridgehead atoms. The smallest absolute Gasteiger partial charge is 0.331 e. The molecule has 0 saturated carbocycles. The van der Waals surface area contributed by atoms with Gasteiger partial charge in [0.05, 0.1) is 19.9 Å². The molecule has 0 amide bonds. The predicted octanol–water partition coefficient (Wildman–Crippen LogP) is 2.08. The monoisotopic (exact) mass is 237 g/mol. The number of benzene rings is 1. The topological polar surface area (TPSA) is 38.8 Å². The Labute approximate surface area is 102 Å². The Bertz CT molecular complexity index is 401. The highest BCUT2D eigenvalue weighted by molar-refractivity contribution is 5.84. The molecular formula is C13H19NO3. The molecule has 4 nitrogen and oxygen atoms in total. The maximum atomic E-state index is 11.7. The van der Waals surface area contributed by atoms with E-state index < -0.39 is 5.54 Å². The van der Waals surface area contributed by atoms with Gasteiger partial charge in [-0.3, -0.25) is 0 Å². The third-order valence-corrected chi connectivity index (χ3v) is 2.97. The Morgan fingerprint density at radius 3 is 2.35 bits per heavy atom. The maximum Gasteiger partial charge on any atom is 0.331 e. The van der Waals surface area contributed by atoms with Crippen LogP contribution in [0.3, 0.4) is 0 Å². The van der Waals surface area contributed by atoms with Crippen LogP contribution in [-0.2, 0) is 9.53 Å². The van der Waals surface area contributed by atoms with Crippen molar-refractivity contribution in [2.24, 2.45) is 0 Å². The predicted molar refractivity (Wildman–Crippen MR) is 67.5 cm³/mol. The number of likely N-dealkylation sites (N-methyl/N-ethyl adjacent to an activating group) is 1. The van der Waals surface area contributed by atoms with Crippen molar-refractivity contribution in [3.63, 3.8) is 0 Å². The number of hydrogen-bond donors (Lipinski definition) is 0. The zero-order chi connectivity index (χ0) is 13.1. The Morgan fingerprint density at radius 1 is 1.24 bits per heavy atom. The van der Waals surface area contributed by atoms with E-state index >= 15 is 0 Å². The molecule has 0 radical (unpaired) electrons. The summed E-state index contributed by atoms with van der Waals surface area (Å²) in [4.78, 5) is 13.6. The first-order chi connectivity index (χ1) is 7.95. The van der Waals surface area contributed by atoms with E-state index in [1.165, 1.54) is 7.11 Å². The normalized spacial score (nSPS) is 10.9. The van der Waals surface area contributed by atoms with Gasteiger partial charge in [-0.15, -0.1) is 0 Å². The molecule has 0 atom stereocenters. The van der Waals surface area contributed by atoms with Gasteiger partial charge in [-0.25, -0.2) is 4.79 Å². The molecule has 0 unspecified atom stereocenters. The highest BCUT2D eigenvalue weighted by atomic mass is 16.5. The van der Waals surface area contributed by atoms with Crippen molar-refractivity contribution < 1.29 is 14.3 Å². The van der Waals surface area contributed by atoms with Crippen LogP contribution in [0, 0.1) is 0 Å². The zero-order valence-corrected chi connectivity index (χ0v) is 11.0. The second kappa shape index (κ2) is 5.08. The van der Waals surface area contributed by atoms with E-state index in [2.05, 4.69) is 0 Å². The lowest BCUT2D eigenvalue weighted by atomic mass is 10.0. The molecule has 0 aliphatic carbocycles. The molecule has 1 rings (SSSR count). The third kappa shape index (κ3) is 2.52. The molecule has 0 aliphatic heterocycles. The number of ether oxygens (including phenoxy) is 2. The van der Waals surface area contributed by atoms with E-state index in [1.807, 2.05) is 50.1 Å². The second-order valence-electron chi connectivity index (χ2n) is 4.28. The summed E-state index contributed by atoms with van der Waals surface area (Å²) in [5.41, 5.74) is 0.106. The van der Waals surface area contributed by atoms with E-state index in [0.29, 0.717) is 0 Å². The first-order valence-corrected chi connectivity index (χ1v) is 5.40. The van der Waals surface area contributed by atoms with E-state index in [0.717, 1.165) is 11.4 Å². The fraction of sp³-hybridized carbons (Fsp3) is 0.462. The number of esters is 1. The number of anilines is 1. The van der Waals surface area contributed by atoms with Crippen LogP contribution < -0.4 is 9.64 Å². The van der Waals surface area contributed by atoms with E-state index in [9.17, 15) is 4.79 Å². The summed E-state index contributed by atoms with van der Waals surface area (Å²) in [5, 5.41) is 0. The van der Waals surface area contributed by atoms with Crippen LogP contribution in [0.2, 0.25) is 0 Å². The van der Waals surface area contributed by atoms with Crippen LogP contribution in [0.1, 0.15) is 13.8 Å². The van der Waals surface area contributed by atoms with E-state index in [4.69, 9.17) is 9.47 Å². The Hall–Kier alpha value is -1.71. The van der Waals surface area contributed by atoms with Crippen molar-refractivity contribution in [2.75, 3.05) is 26.2 Å². The van der Waals surface area contributed by atoms with E-state index in [1.54, 1.807) is 7.11 Å². The van der Waals surface area contributed by atoms with Gasteiger partial charge in [0.1, 0.15) is 11.3 Å². The third-order valence-electron chi connectivity index (χ3n) is 2.97. The van der Waals surface area contributed by atoms with Gasteiger partial charge < -0.3 is 14.4 Å². The molecule has 0 aliphatic rings. The lowest BCUT2D eigenvalue weighted by Crippen LogP contribution is -2.49. The molecule has 17 heavy (non-hydrogen) atoms. The van der Waals surface area contributed by atoms with Gasteiger partial charge in [-0.1, -0.05) is 12.1 Å². The van der Waals surface area contributed by atoms with Crippen molar-refractivity contribution in [1.82, 2.24) is 0 Å². The number of rotatable bonds is 4. The average molecular weight is 237 g/mol. The van der Waals surface area contributed by atoms with Crippen molar-refractivity contribution in [3.8, 4) is 5.75 Å². The van der Waals surface area contributed by atoms with Gasteiger partial charge >= 0.3 is 5.97 Å². The van der Waals surface area contributed by atoms with Crippen molar-refractivity contribution in [2.45, 2.75) is 19.4 Å². The summed E-state index contributed by atoms with van der Waals surface area (Å²) in [6, 6.07) is 7.56. The number of hydrogen-bond acceptors (Lipinski definition) is 4. The van der Waals surface area contributed by atoms with E-state index in [-0.39, 0.29) is 5.97 Å². The lowest BCUT2D eigenvalue weighted by molar-refractivity contribution is -0.145. The minimum absolute atomic E-state index is 0.286. The van der Waals surface area contributed by atoms with Crippen LogP contribution in [0.5, 0.6) is 5.75 Å². The number of para-hydroxylation sites is 2.